The van der Waals surface area contributed by atoms with Crippen molar-refractivity contribution in [2.24, 2.45) is 0 Å². The maximum absolute atomic E-state index is 7.47. The van der Waals surface area contributed by atoms with Crippen molar-refractivity contribution in [3.05, 3.63) is 263 Å². The minimum absolute atomic E-state index is 0. The Morgan fingerprint density at radius 3 is 1.71 bits per heavy atom. The minimum atomic E-state index is -0.453. The summed E-state index contributed by atoms with van der Waals surface area (Å²) in [5, 5.41) is 2.26. The first-order valence-electron chi connectivity index (χ1n) is 28.9. The average Bonchev–Trinajstić information content (AvgIpc) is 3.09. The van der Waals surface area contributed by atoms with Crippen molar-refractivity contribution >= 4 is 38.9 Å². The predicted molar refractivity (Wildman–Crippen MR) is 341 cm³/mol. The fourth-order valence-corrected chi connectivity index (χ4v) is 11.8. The molecular weight excluding hydrogens is 1180 g/mol. The second-order valence-corrected chi connectivity index (χ2v) is 25.9. The van der Waals surface area contributed by atoms with Gasteiger partial charge in [0.1, 0.15) is 5.82 Å². The smallest absolute Gasteiger partial charge is 0.135 e. The molecule has 10 aromatic rings. The van der Waals surface area contributed by atoms with Gasteiger partial charge in [-0.3, -0.25) is 0 Å². The summed E-state index contributed by atoms with van der Waals surface area (Å²) >= 11 is 0. The molecule has 0 bridgehead atoms. The summed E-state index contributed by atoms with van der Waals surface area (Å²) in [5.74, 6) is 2.55. The van der Waals surface area contributed by atoms with Crippen molar-refractivity contribution in [2.75, 3.05) is 9.80 Å². The molecular formula is C76H77N4OPt-3. The number of pyridine rings is 1. The molecule has 1 aliphatic heterocycles. The standard InChI is InChI=1S/C76H77N4O.Pt/c1-50(2)63-34-26-35-64(51(3)4)71(63)53-39-60(79-49-78(48-69(79)52-27-18-15-19-28-52)59-42-57(74(8,9)10)41-58(43-59)75(11,12)54-29-20-16-21-30-54)45-61(40-53)81-62-46-66(76(13,14)55-31-22-17-23-32-55)72-65-33-24-25-36-67(65)80(68(72)47-62)70-44-56(37-38-77-70)73(5,6)7;/h15-44,46,48-51H,1-14H3;/q-3;. The number of anilines is 2. The molecule has 8 aromatic carbocycles. The van der Waals surface area contributed by atoms with Crippen molar-refractivity contribution < 1.29 is 25.8 Å². The molecule has 5 nitrogen and oxygen atoms in total. The normalized spacial score (nSPS) is 13.3. The molecule has 0 N–H and O–H groups in total. The van der Waals surface area contributed by atoms with Crippen LogP contribution in [-0.4, -0.2) is 9.55 Å². The first-order valence-corrected chi connectivity index (χ1v) is 28.9. The quantitative estimate of drug-likeness (QED) is 0.108. The fraction of sp³-hybridized carbons (Fsp3) is 0.263. The van der Waals surface area contributed by atoms with E-state index in [1.54, 1.807) is 0 Å². The maximum atomic E-state index is 7.47. The summed E-state index contributed by atoms with van der Waals surface area (Å²) in [7, 11) is 0. The van der Waals surface area contributed by atoms with Gasteiger partial charge in [-0.05, 0) is 120 Å². The number of hydrogen-bond donors (Lipinski definition) is 0. The Kier molecular flexibility index (Phi) is 15.8. The minimum Gasteiger partial charge on any atom is -0.509 e. The second kappa shape index (κ2) is 22.4. The number of hydrogen-bond acceptors (Lipinski definition) is 4. The summed E-state index contributed by atoms with van der Waals surface area (Å²) in [4.78, 5) is 9.69. The van der Waals surface area contributed by atoms with Crippen LogP contribution in [-0.2, 0) is 42.7 Å². The van der Waals surface area contributed by atoms with Gasteiger partial charge in [0.2, 0.25) is 0 Å². The van der Waals surface area contributed by atoms with E-state index in [-0.39, 0.29) is 49.1 Å². The number of benzene rings is 8. The first-order chi connectivity index (χ1) is 38.6. The Hall–Kier alpha value is -7.46. The molecule has 6 heteroatoms. The third-order valence-electron chi connectivity index (χ3n) is 16.8. The van der Waals surface area contributed by atoms with E-state index in [1.807, 2.05) is 6.20 Å². The number of nitrogens with zero attached hydrogens (tertiary/aromatic N) is 4. The Morgan fingerprint density at radius 1 is 0.512 bits per heavy atom. The van der Waals surface area contributed by atoms with Crippen molar-refractivity contribution in [1.29, 1.82) is 0 Å². The summed E-state index contributed by atoms with van der Waals surface area (Å²) in [6, 6.07) is 74.0. The van der Waals surface area contributed by atoms with Crippen LogP contribution in [0.3, 0.4) is 0 Å². The number of rotatable bonds is 13. The van der Waals surface area contributed by atoms with Gasteiger partial charge in [-0.15, -0.1) is 53.8 Å². The van der Waals surface area contributed by atoms with Crippen LogP contribution < -0.4 is 14.5 Å². The summed E-state index contributed by atoms with van der Waals surface area (Å²) < 4.78 is 9.75. The van der Waals surface area contributed by atoms with E-state index in [0.29, 0.717) is 11.5 Å². The van der Waals surface area contributed by atoms with Crippen LogP contribution in [0.4, 0.5) is 11.4 Å². The number of aromatic nitrogens is 2. The number of para-hydroxylation sites is 1. The van der Waals surface area contributed by atoms with Crippen LogP contribution >= 0.6 is 0 Å². The van der Waals surface area contributed by atoms with E-state index in [2.05, 4.69) is 318 Å². The molecule has 0 saturated heterocycles. The van der Waals surface area contributed by atoms with Crippen LogP contribution in [0.2, 0.25) is 0 Å². The van der Waals surface area contributed by atoms with Gasteiger partial charge in [0.05, 0.1) is 0 Å². The molecule has 1 aliphatic rings. The van der Waals surface area contributed by atoms with E-state index in [1.165, 1.54) is 44.5 Å². The Balaban J connectivity index is 0.00000753. The summed E-state index contributed by atoms with van der Waals surface area (Å²) in [5.41, 5.74) is 17.3. The molecule has 82 heavy (non-hydrogen) atoms. The molecule has 3 heterocycles. The molecule has 0 saturated carbocycles. The Morgan fingerprint density at radius 2 is 1.09 bits per heavy atom. The largest absolute Gasteiger partial charge is 0.509 e. The SMILES string of the molecule is CC(C)c1cccc(C(C)C)c1-c1cc(Oc2[c-]c3c(c(C(C)(C)c4ccccc4)c2)c2ccccc2n3-c2cc(C(C)(C)C)ccn2)[c-]c(N2[CH-]N(c3cc(C(C)(C)C)cc(C(C)(C)c4ccccc4)c3)C=C2c2ccccc2)c1.[Pt]. The summed E-state index contributed by atoms with van der Waals surface area (Å²) in [6.07, 6.45) is 4.22. The van der Waals surface area contributed by atoms with Gasteiger partial charge in [0.15, 0.2) is 0 Å². The molecule has 0 amide bonds. The second-order valence-electron chi connectivity index (χ2n) is 25.9. The molecule has 0 radical (unpaired) electrons. The zero-order valence-corrected chi connectivity index (χ0v) is 52.5. The first kappa shape index (κ1) is 57.8. The van der Waals surface area contributed by atoms with E-state index in [9.17, 15) is 0 Å². The van der Waals surface area contributed by atoms with Crippen molar-refractivity contribution in [3.8, 4) is 28.4 Å². The van der Waals surface area contributed by atoms with Gasteiger partial charge >= 0.3 is 0 Å². The number of ether oxygens (including phenoxy) is 1. The predicted octanol–water partition coefficient (Wildman–Crippen LogP) is 20.2. The Labute approximate surface area is 503 Å². The molecule has 420 valence electrons. The Bertz CT molecular complexity index is 3940. The van der Waals surface area contributed by atoms with E-state index in [4.69, 9.17) is 9.72 Å². The van der Waals surface area contributed by atoms with E-state index in [0.717, 1.165) is 61.4 Å². The van der Waals surface area contributed by atoms with Crippen molar-refractivity contribution in [3.63, 3.8) is 0 Å². The zero-order chi connectivity index (χ0) is 57.2. The molecule has 0 aliphatic carbocycles. The molecule has 0 spiro atoms. The van der Waals surface area contributed by atoms with E-state index < -0.39 is 5.41 Å². The van der Waals surface area contributed by atoms with Gasteiger partial charge in [-0.2, -0.15) is 0 Å². The summed E-state index contributed by atoms with van der Waals surface area (Å²) in [6.45, 7) is 34.4. The van der Waals surface area contributed by atoms with Crippen molar-refractivity contribution in [1.82, 2.24) is 9.55 Å². The van der Waals surface area contributed by atoms with Gasteiger partial charge in [-0.1, -0.05) is 241 Å². The molecule has 2 aromatic heterocycles. The topological polar surface area (TPSA) is 33.5 Å². The van der Waals surface area contributed by atoms with Crippen LogP contribution in [0.25, 0.3) is 44.4 Å². The maximum Gasteiger partial charge on any atom is 0.135 e. The van der Waals surface area contributed by atoms with Gasteiger partial charge in [-0.25, -0.2) is 4.98 Å². The van der Waals surface area contributed by atoms with Gasteiger partial charge in [0.25, 0.3) is 0 Å². The van der Waals surface area contributed by atoms with Crippen LogP contribution in [0.1, 0.15) is 159 Å². The zero-order valence-electron chi connectivity index (χ0n) is 50.2. The third-order valence-corrected chi connectivity index (χ3v) is 16.8. The monoisotopic (exact) mass is 1260 g/mol. The van der Waals surface area contributed by atoms with Crippen molar-refractivity contribution in [2.45, 2.75) is 130 Å². The van der Waals surface area contributed by atoms with Crippen LogP contribution in [0.15, 0.2) is 194 Å². The molecule has 11 rings (SSSR count). The van der Waals surface area contributed by atoms with Crippen LogP contribution in [0, 0.1) is 18.8 Å². The fourth-order valence-electron chi connectivity index (χ4n) is 11.8. The average molecular weight is 1260 g/mol. The van der Waals surface area contributed by atoms with Crippen LogP contribution in [0.5, 0.6) is 11.5 Å². The molecule has 0 atom stereocenters. The molecule has 0 unspecified atom stereocenters. The third kappa shape index (κ3) is 11.0. The number of fused-ring (bicyclic) bond motifs is 3. The van der Waals surface area contributed by atoms with Gasteiger partial charge in [0, 0.05) is 61.1 Å². The van der Waals surface area contributed by atoms with Gasteiger partial charge < -0.3 is 19.1 Å². The van der Waals surface area contributed by atoms with E-state index >= 15 is 0 Å². The molecule has 0 fully saturated rings.